The number of hydrogen-bond acceptors (Lipinski definition) is 1. The third-order valence-corrected chi connectivity index (χ3v) is 1.92. The van der Waals surface area contributed by atoms with Crippen molar-refractivity contribution in [2.45, 2.75) is 6.42 Å². The van der Waals surface area contributed by atoms with E-state index in [9.17, 15) is 4.79 Å². The maximum Gasteiger partial charge on any atom is 0.327 e. The molecule has 0 amide bonds. The van der Waals surface area contributed by atoms with Crippen LogP contribution in [0.1, 0.15) is 5.56 Å². The monoisotopic (exact) mass is 196 g/mol. The molecule has 0 saturated carbocycles. The highest BCUT2D eigenvalue weighted by atomic mass is 35.5. The van der Waals surface area contributed by atoms with Crippen molar-refractivity contribution >= 4 is 17.6 Å². The van der Waals surface area contributed by atoms with Gasteiger partial charge in [-0.3, -0.25) is 0 Å². The van der Waals surface area contributed by atoms with Gasteiger partial charge in [0.25, 0.3) is 0 Å². The number of halogens is 1. The summed E-state index contributed by atoms with van der Waals surface area (Å²) in [4.78, 5) is 10.2. The average Bonchev–Trinajstić information content (AvgIpc) is 2.08. The third-order valence-electron chi connectivity index (χ3n) is 1.56. The predicted octanol–water partition coefficient (Wildman–Crippen LogP) is 2.52. The summed E-state index contributed by atoms with van der Waals surface area (Å²) in [5, 5.41) is 9.01. The molecule has 68 valence electrons. The second kappa shape index (κ2) is 4.67. The standard InChI is InChI=1S/C10H9ClO2/c11-9-6-2-1-4-8(9)5-3-7-10(12)13/h1-4,6-7H,5H2,(H,12,13)/b7-3+. The van der Waals surface area contributed by atoms with Crippen LogP contribution in [0.15, 0.2) is 36.4 Å². The highest BCUT2D eigenvalue weighted by Gasteiger charge is 1.95. The van der Waals surface area contributed by atoms with Crippen molar-refractivity contribution in [1.29, 1.82) is 0 Å². The summed E-state index contributed by atoms with van der Waals surface area (Å²) in [5.41, 5.74) is 0.932. The Bertz CT molecular complexity index is 331. The Labute approximate surface area is 81.5 Å². The molecular weight excluding hydrogens is 188 g/mol. The SMILES string of the molecule is O=C(O)/C=C/Cc1ccccc1Cl. The van der Waals surface area contributed by atoms with Crippen LogP contribution in [0, 0.1) is 0 Å². The molecule has 0 aliphatic carbocycles. The summed E-state index contributed by atoms with van der Waals surface area (Å²) in [6.07, 6.45) is 3.23. The number of carboxylic acid groups (broad SMARTS) is 1. The molecule has 0 spiro atoms. The Hall–Kier alpha value is -1.28. The molecule has 1 N–H and O–H groups in total. The van der Waals surface area contributed by atoms with Crippen LogP contribution in [-0.4, -0.2) is 11.1 Å². The van der Waals surface area contributed by atoms with Crippen molar-refractivity contribution in [2.75, 3.05) is 0 Å². The van der Waals surface area contributed by atoms with Crippen LogP contribution in [0.25, 0.3) is 0 Å². The number of allylic oxidation sites excluding steroid dienone is 1. The molecule has 0 aliphatic rings. The molecular formula is C10H9ClO2. The zero-order valence-electron chi connectivity index (χ0n) is 6.90. The number of benzene rings is 1. The van der Waals surface area contributed by atoms with E-state index in [0.29, 0.717) is 11.4 Å². The summed E-state index contributed by atoms with van der Waals surface area (Å²) in [6, 6.07) is 7.36. The zero-order chi connectivity index (χ0) is 9.68. The van der Waals surface area contributed by atoms with E-state index in [-0.39, 0.29) is 0 Å². The number of carbonyl (C=O) groups is 1. The highest BCUT2D eigenvalue weighted by Crippen LogP contribution is 2.15. The fourth-order valence-electron chi connectivity index (χ4n) is 0.951. The molecule has 2 nitrogen and oxygen atoms in total. The molecule has 0 atom stereocenters. The Kier molecular flexibility index (Phi) is 3.53. The van der Waals surface area contributed by atoms with E-state index in [1.54, 1.807) is 12.1 Å². The van der Waals surface area contributed by atoms with Crippen LogP contribution in [0.2, 0.25) is 5.02 Å². The first-order chi connectivity index (χ1) is 6.20. The Morgan fingerprint density at radius 2 is 2.15 bits per heavy atom. The fourth-order valence-corrected chi connectivity index (χ4v) is 1.16. The Morgan fingerprint density at radius 3 is 2.77 bits per heavy atom. The van der Waals surface area contributed by atoms with Crippen LogP contribution in [0.5, 0.6) is 0 Å². The predicted molar refractivity (Wildman–Crippen MR) is 51.9 cm³/mol. The van der Waals surface area contributed by atoms with E-state index in [2.05, 4.69) is 0 Å². The van der Waals surface area contributed by atoms with Crippen molar-refractivity contribution < 1.29 is 9.90 Å². The number of rotatable bonds is 3. The Balaban J connectivity index is 2.64. The van der Waals surface area contributed by atoms with E-state index >= 15 is 0 Å². The van der Waals surface area contributed by atoms with E-state index in [0.717, 1.165) is 11.6 Å². The molecule has 0 fully saturated rings. The molecule has 0 saturated heterocycles. The van der Waals surface area contributed by atoms with E-state index in [1.165, 1.54) is 0 Å². The quantitative estimate of drug-likeness (QED) is 0.755. The highest BCUT2D eigenvalue weighted by molar-refractivity contribution is 6.31. The van der Waals surface area contributed by atoms with Gasteiger partial charge >= 0.3 is 5.97 Å². The largest absolute Gasteiger partial charge is 0.478 e. The lowest BCUT2D eigenvalue weighted by Crippen LogP contribution is -1.88. The second-order valence-corrected chi connectivity index (χ2v) is 2.94. The summed E-state index contributed by atoms with van der Waals surface area (Å²) in [6.45, 7) is 0. The lowest BCUT2D eigenvalue weighted by Gasteiger charge is -1.97. The third kappa shape index (κ3) is 3.30. The molecule has 1 rings (SSSR count). The lowest BCUT2D eigenvalue weighted by molar-refractivity contribution is -0.131. The minimum atomic E-state index is -0.938. The second-order valence-electron chi connectivity index (χ2n) is 2.54. The van der Waals surface area contributed by atoms with Crippen molar-refractivity contribution in [3.63, 3.8) is 0 Å². The topological polar surface area (TPSA) is 37.3 Å². The summed E-state index contributed by atoms with van der Waals surface area (Å²) in [7, 11) is 0. The molecule has 0 radical (unpaired) electrons. The van der Waals surface area contributed by atoms with Gasteiger partial charge in [0.05, 0.1) is 0 Å². The minimum absolute atomic E-state index is 0.548. The summed E-state index contributed by atoms with van der Waals surface area (Å²) >= 11 is 5.86. The maximum atomic E-state index is 10.2. The molecule has 0 heterocycles. The smallest absolute Gasteiger partial charge is 0.327 e. The van der Waals surface area contributed by atoms with Gasteiger partial charge in [-0.1, -0.05) is 35.9 Å². The lowest BCUT2D eigenvalue weighted by atomic mass is 10.1. The van der Waals surface area contributed by atoms with E-state index < -0.39 is 5.97 Å². The average molecular weight is 197 g/mol. The van der Waals surface area contributed by atoms with Crippen LogP contribution < -0.4 is 0 Å². The Morgan fingerprint density at radius 1 is 1.46 bits per heavy atom. The van der Waals surface area contributed by atoms with Crippen molar-refractivity contribution in [1.82, 2.24) is 0 Å². The normalized spacial score (nSPS) is 10.5. The van der Waals surface area contributed by atoms with Crippen molar-refractivity contribution in [2.24, 2.45) is 0 Å². The minimum Gasteiger partial charge on any atom is -0.478 e. The van der Waals surface area contributed by atoms with Crippen LogP contribution in [0.3, 0.4) is 0 Å². The molecule has 3 heteroatoms. The first kappa shape index (κ1) is 9.81. The van der Waals surface area contributed by atoms with Gasteiger partial charge in [-0.2, -0.15) is 0 Å². The van der Waals surface area contributed by atoms with Gasteiger partial charge in [0.15, 0.2) is 0 Å². The van der Waals surface area contributed by atoms with Crippen molar-refractivity contribution in [3.8, 4) is 0 Å². The number of carboxylic acids is 1. The molecule has 1 aromatic rings. The van der Waals surface area contributed by atoms with Crippen LogP contribution in [-0.2, 0) is 11.2 Å². The van der Waals surface area contributed by atoms with Gasteiger partial charge in [-0.25, -0.2) is 4.79 Å². The van der Waals surface area contributed by atoms with Gasteiger partial charge in [-0.05, 0) is 18.1 Å². The number of aliphatic carboxylic acids is 1. The van der Waals surface area contributed by atoms with Gasteiger partial charge in [0.1, 0.15) is 0 Å². The van der Waals surface area contributed by atoms with E-state index in [4.69, 9.17) is 16.7 Å². The first-order valence-corrected chi connectivity index (χ1v) is 4.21. The van der Waals surface area contributed by atoms with Gasteiger partial charge in [0.2, 0.25) is 0 Å². The first-order valence-electron chi connectivity index (χ1n) is 3.83. The maximum absolute atomic E-state index is 10.2. The molecule has 0 bridgehead atoms. The van der Waals surface area contributed by atoms with Crippen molar-refractivity contribution in [3.05, 3.63) is 47.0 Å². The van der Waals surface area contributed by atoms with E-state index in [1.807, 2.05) is 18.2 Å². The van der Waals surface area contributed by atoms with Crippen LogP contribution >= 0.6 is 11.6 Å². The molecule has 0 aromatic heterocycles. The molecule has 0 aliphatic heterocycles. The van der Waals surface area contributed by atoms with Gasteiger partial charge in [0, 0.05) is 11.1 Å². The zero-order valence-corrected chi connectivity index (χ0v) is 7.66. The van der Waals surface area contributed by atoms with Gasteiger partial charge < -0.3 is 5.11 Å². The molecule has 0 unspecified atom stereocenters. The fraction of sp³-hybridized carbons (Fsp3) is 0.100. The number of hydrogen-bond donors (Lipinski definition) is 1. The van der Waals surface area contributed by atoms with Gasteiger partial charge in [-0.15, -0.1) is 0 Å². The van der Waals surface area contributed by atoms with Crippen LogP contribution in [0.4, 0.5) is 0 Å². The summed E-state index contributed by atoms with van der Waals surface area (Å²) < 4.78 is 0. The molecule has 13 heavy (non-hydrogen) atoms. The summed E-state index contributed by atoms with van der Waals surface area (Å²) in [5.74, 6) is -0.938. The molecule has 1 aromatic carbocycles.